The molecule has 1 aromatic heterocycles. The van der Waals surface area contributed by atoms with Gasteiger partial charge in [-0.15, -0.1) is 0 Å². The number of nitrogens with zero attached hydrogens (tertiary/aromatic N) is 2. The van der Waals surface area contributed by atoms with Gasteiger partial charge in [0.15, 0.2) is 0 Å². The molecule has 108 valence electrons. The van der Waals surface area contributed by atoms with E-state index in [2.05, 4.69) is 0 Å². The number of carbonyl (C=O) groups is 1. The van der Waals surface area contributed by atoms with E-state index in [0.29, 0.717) is 16.7 Å². The first-order valence-electron chi connectivity index (χ1n) is 6.07. The van der Waals surface area contributed by atoms with Crippen LogP contribution in [0.4, 0.5) is 5.69 Å². The zero-order chi connectivity index (χ0) is 15.2. The molecule has 1 fully saturated rings. The number of anilines is 1. The zero-order valence-corrected chi connectivity index (χ0v) is 12.2. The van der Waals surface area contributed by atoms with Crippen LogP contribution in [-0.2, 0) is 13.8 Å². The van der Waals surface area contributed by atoms with Gasteiger partial charge < -0.3 is 9.32 Å². The summed E-state index contributed by atoms with van der Waals surface area (Å²) in [6, 6.07) is 8.78. The smallest absolute Gasteiger partial charge is 0.237 e. The summed E-state index contributed by atoms with van der Waals surface area (Å²) in [7, 11) is 1.49. The predicted octanol–water partition coefficient (Wildman–Crippen LogP) is 1.98. The maximum atomic E-state index is 12.1. The number of hydrogen-bond acceptors (Lipinski definition) is 5. The summed E-state index contributed by atoms with van der Waals surface area (Å²) in [5, 5.41) is 8.78. The Bertz CT molecular complexity index is 881. The van der Waals surface area contributed by atoms with Gasteiger partial charge >= 0.3 is 0 Å². The summed E-state index contributed by atoms with van der Waals surface area (Å²) < 4.78 is 28.2. The second-order valence-electron chi connectivity index (χ2n) is 4.69. The van der Waals surface area contributed by atoms with Gasteiger partial charge in [0.2, 0.25) is 20.7 Å². The van der Waals surface area contributed by atoms with Crippen molar-refractivity contribution in [1.82, 2.24) is 0 Å². The van der Waals surface area contributed by atoms with Crippen molar-refractivity contribution in [1.29, 1.82) is 5.26 Å². The molecule has 0 bridgehead atoms. The van der Waals surface area contributed by atoms with Gasteiger partial charge in [0.1, 0.15) is 22.6 Å². The van der Waals surface area contributed by atoms with Gasteiger partial charge in [-0.05, 0) is 12.1 Å². The molecule has 1 saturated heterocycles. The van der Waals surface area contributed by atoms with Crippen molar-refractivity contribution in [3.8, 4) is 6.07 Å². The van der Waals surface area contributed by atoms with E-state index in [1.807, 2.05) is 6.07 Å². The predicted molar refractivity (Wildman–Crippen MR) is 76.5 cm³/mol. The summed E-state index contributed by atoms with van der Waals surface area (Å²) in [4.78, 5) is 13.4. The van der Waals surface area contributed by atoms with Crippen LogP contribution < -0.4 is 4.90 Å². The van der Waals surface area contributed by atoms with Crippen LogP contribution >= 0.6 is 10.7 Å². The molecule has 0 radical (unpaired) electrons. The highest BCUT2D eigenvalue weighted by Crippen LogP contribution is 2.37. The number of carbonyl (C=O) groups excluding carboxylic acids is 1. The van der Waals surface area contributed by atoms with Crippen molar-refractivity contribution in [3.63, 3.8) is 0 Å². The van der Waals surface area contributed by atoms with E-state index in [-0.39, 0.29) is 18.7 Å². The number of furan rings is 1. The topological polar surface area (TPSA) is 91.4 Å². The van der Waals surface area contributed by atoms with E-state index < -0.39 is 20.2 Å². The van der Waals surface area contributed by atoms with Gasteiger partial charge in [-0.25, -0.2) is 8.42 Å². The largest absolute Gasteiger partial charge is 0.443 e. The third-order valence-corrected chi connectivity index (χ3v) is 5.30. The lowest BCUT2D eigenvalue weighted by molar-refractivity contribution is -0.117. The molecule has 1 atom stereocenters. The van der Waals surface area contributed by atoms with Gasteiger partial charge in [-0.1, -0.05) is 12.1 Å². The van der Waals surface area contributed by atoms with Crippen molar-refractivity contribution >= 4 is 42.3 Å². The van der Waals surface area contributed by atoms with Crippen LogP contribution in [0.25, 0.3) is 11.0 Å². The monoisotopic (exact) mass is 324 g/mol. The Balaban J connectivity index is 2.13. The molecular weight excluding hydrogens is 316 g/mol. The summed E-state index contributed by atoms with van der Waals surface area (Å²) in [5.41, 5.74) is 0.773. The fourth-order valence-corrected chi connectivity index (χ4v) is 3.48. The third-order valence-electron chi connectivity index (χ3n) is 3.43. The molecule has 1 aromatic carbocycles. The minimum atomic E-state index is -3.84. The second-order valence-corrected chi connectivity index (χ2v) is 7.60. The average Bonchev–Trinajstić information content (AvgIpc) is 2.98. The minimum absolute atomic E-state index is 0.0165. The molecule has 2 aromatic rings. The number of halogens is 1. The molecule has 21 heavy (non-hydrogen) atoms. The van der Waals surface area contributed by atoms with Crippen molar-refractivity contribution in [2.75, 3.05) is 11.4 Å². The highest BCUT2D eigenvalue weighted by atomic mass is 35.7. The molecular formula is C13H9ClN2O4S. The van der Waals surface area contributed by atoms with Crippen LogP contribution in [-0.4, -0.2) is 26.1 Å². The summed E-state index contributed by atoms with van der Waals surface area (Å²) in [5.74, 6) is -0.413. The summed E-state index contributed by atoms with van der Waals surface area (Å²) >= 11 is 0. The number of hydrogen-bond donors (Lipinski definition) is 0. The number of amides is 1. The first-order chi connectivity index (χ1) is 9.91. The lowest BCUT2D eigenvalue weighted by atomic mass is 10.2. The minimum Gasteiger partial charge on any atom is -0.443 e. The molecule has 0 spiro atoms. The Hall–Kier alpha value is -2.04. The SMILES string of the molecule is N#Cc1oc2ccccc2c1N1CC(S(=O)(=O)Cl)CC1=O. The lowest BCUT2D eigenvalue weighted by Gasteiger charge is -2.14. The number of para-hydroxylation sites is 1. The zero-order valence-electron chi connectivity index (χ0n) is 10.6. The van der Waals surface area contributed by atoms with Crippen LogP contribution in [0.1, 0.15) is 12.2 Å². The van der Waals surface area contributed by atoms with E-state index in [9.17, 15) is 13.2 Å². The second kappa shape index (κ2) is 4.76. The molecule has 3 rings (SSSR count). The van der Waals surface area contributed by atoms with Crippen molar-refractivity contribution in [2.24, 2.45) is 0 Å². The van der Waals surface area contributed by atoms with E-state index in [4.69, 9.17) is 20.4 Å². The molecule has 1 amide bonds. The van der Waals surface area contributed by atoms with E-state index in [1.54, 1.807) is 24.3 Å². The van der Waals surface area contributed by atoms with Crippen LogP contribution in [0.3, 0.4) is 0 Å². The van der Waals surface area contributed by atoms with E-state index >= 15 is 0 Å². The molecule has 0 N–H and O–H groups in total. The number of benzene rings is 1. The molecule has 0 saturated carbocycles. The third kappa shape index (κ3) is 2.26. The summed E-state index contributed by atoms with van der Waals surface area (Å²) in [6.07, 6.45) is -0.198. The van der Waals surface area contributed by atoms with Gasteiger partial charge in [0.25, 0.3) is 0 Å². The maximum absolute atomic E-state index is 12.1. The first kappa shape index (κ1) is 13.9. The van der Waals surface area contributed by atoms with Crippen LogP contribution in [0.2, 0.25) is 0 Å². The fraction of sp³-hybridized carbons (Fsp3) is 0.231. The molecule has 2 heterocycles. The number of rotatable bonds is 2. The molecule has 1 unspecified atom stereocenters. The Kier molecular flexibility index (Phi) is 3.15. The normalized spacial score (nSPS) is 19.1. The molecule has 0 aliphatic carbocycles. The molecule has 1 aliphatic rings. The van der Waals surface area contributed by atoms with Crippen molar-refractivity contribution in [3.05, 3.63) is 30.0 Å². The average molecular weight is 325 g/mol. The Morgan fingerprint density at radius 2 is 2.10 bits per heavy atom. The van der Waals surface area contributed by atoms with E-state index in [1.165, 1.54) is 4.90 Å². The van der Waals surface area contributed by atoms with Crippen molar-refractivity contribution in [2.45, 2.75) is 11.7 Å². The quantitative estimate of drug-likeness (QED) is 0.788. The Morgan fingerprint density at radius 3 is 2.71 bits per heavy atom. The van der Waals surface area contributed by atoms with Gasteiger partial charge in [-0.2, -0.15) is 5.26 Å². The number of nitriles is 1. The van der Waals surface area contributed by atoms with Gasteiger partial charge in [0, 0.05) is 29.0 Å². The van der Waals surface area contributed by atoms with Gasteiger partial charge in [-0.3, -0.25) is 4.79 Å². The molecule has 1 aliphatic heterocycles. The standard InChI is InChI=1S/C13H9ClN2O4S/c14-21(18,19)8-5-12(17)16(7-8)13-9-3-1-2-4-10(9)20-11(13)6-15/h1-4,8H,5,7H2. The lowest BCUT2D eigenvalue weighted by Crippen LogP contribution is -2.27. The molecule has 6 nitrogen and oxygen atoms in total. The summed E-state index contributed by atoms with van der Waals surface area (Å²) in [6.45, 7) is -0.0805. The van der Waals surface area contributed by atoms with Gasteiger partial charge in [0.05, 0.1) is 0 Å². The highest BCUT2D eigenvalue weighted by molar-refractivity contribution is 8.14. The fourth-order valence-electron chi connectivity index (χ4n) is 2.46. The van der Waals surface area contributed by atoms with Crippen LogP contribution in [0.15, 0.2) is 28.7 Å². The Morgan fingerprint density at radius 1 is 1.38 bits per heavy atom. The maximum Gasteiger partial charge on any atom is 0.237 e. The molecule has 8 heteroatoms. The number of fused-ring (bicyclic) bond motifs is 1. The highest BCUT2D eigenvalue weighted by Gasteiger charge is 2.40. The van der Waals surface area contributed by atoms with Crippen molar-refractivity contribution < 1.29 is 17.6 Å². The van der Waals surface area contributed by atoms with Crippen LogP contribution in [0, 0.1) is 11.3 Å². The Labute approximate surface area is 124 Å². The first-order valence-corrected chi connectivity index (χ1v) is 8.44. The van der Waals surface area contributed by atoms with Crippen LogP contribution in [0.5, 0.6) is 0 Å². The van der Waals surface area contributed by atoms with E-state index in [0.717, 1.165) is 0 Å².